The maximum atomic E-state index is 6.36. The molecule has 1 saturated carbocycles. The first kappa shape index (κ1) is 15.1. The SMILES string of the molecule is c1ccc(CO[C@H]2[C@H]3O[C@H]4O[C@H]([C@@]35CCO5)[C@]3(CCCO3)[C@@H]2O4)cc1. The molecule has 7 rings (SSSR count). The van der Waals surface area contributed by atoms with Gasteiger partial charge >= 0.3 is 0 Å². The molecule has 6 fully saturated rings. The largest absolute Gasteiger partial charge is 0.369 e. The highest BCUT2D eigenvalue weighted by Gasteiger charge is 2.78. The summed E-state index contributed by atoms with van der Waals surface area (Å²) in [5.41, 5.74) is 0.207. The fourth-order valence-corrected chi connectivity index (χ4v) is 5.31. The molecule has 6 heteroatoms. The van der Waals surface area contributed by atoms with Gasteiger partial charge in [0.1, 0.15) is 35.6 Å². The molecule has 25 heavy (non-hydrogen) atoms. The summed E-state index contributed by atoms with van der Waals surface area (Å²) in [5.74, 6) is 0. The first-order chi connectivity index (χ1) is 12.3. The first-order valence-electron chi connectivity index (χ1n) is 9.22. The second kappa shape index (κ2) is 5.25. The Hall–Kier alpha value is -1.02. The van der Waals surface area contributed by atoms with Crippen molar-refractivity contribution in [3.63, 3.8) is 0 Å². The molecule has 2 spiro atoms. The van der Waals surface area contributed by atoms with Gasteiger partial charge in [-0.1, -0.05) is 30.3 Å². The van der Waals surface area contributed by atoms with Gasteiger partial charge in [0.05, 0.1) is 13.2 Å². The third-order valence-corrected chi connectivity index (χ3v) is 6.44. The Morgan fingerprint density at radius 2 is 1.64 bits per heavy atom. The quantitative estimate of drug-likeness (QED) is 0.831. The van der Waals surface area contributed by atoms with Crippen LogP contribution in [0.3, 0.4) is 0 Å². The van der Waals surface area contributed by atoms with E-state index in [0.29, 0.717) is 6.61 Å². The summed E-state index contributed by atoms with van der Waals surface area (Å²) in [6.07, 6.45) is 2.16. The molecule has 0 unspecified atom stereocenters. The molecule has 0 amide bonds. The number of hydrogen-bond acceptors (Lipinski definition) is 6. The number of ether oxygens (including phenoxy) is 6. The summed E-state index contributed by atoms with van der Waals surface area (Å²) >= 11 is 0. The Morgan fingerprint density at radius 1 is 0.920 bits per heavy atom. The van der Waals surface area contributed by atoms with Gasteiger partial charge in [0.15, 0.2) is 0 Å². The van der Waals surface area contributed by atoms with Crippen LogP contribution in [0.25, 0.3) is 0 Å². The highest BCUT2D eigenvalue weighted by atomic mass is 16.9. The molecule has 0 N–H and O–H groups in total. The molecule has 1 aromatic carbocycles. The average molecular weight is 346 g/mol. The second-order valence-electron chi connectivity index (χ2n) is 7.64. The van der Waals surface area contributed by atoms with E-state index in [-0.39, 0.29) is 24.4 Å². The Kier molecular flexibility index (Phi) is 3.17. The zero-order valence-corrected chi connectivity index (χ0v) is 14.0. The highest BCUT2D eigenvalue weighted by Crippen LogP contribution is 2.59. The molecule has 5 saturated heterocycles. The van der Waals surface area contributed by atoms with Crippen molar-refractivity contribution in [2.75, 3.05) is 13.2 Å². The van der Waals surface area contributed by atoms with Crippen molar-refractivity contribution in [3.05, 3.63) is 35.9 Å². The smallest absolute Gasteiger partial charge is 0.273 e. The maximum absolute atomic E-state index is 6.36. The van der Waals surface area contributed by atoms with Crippen LogP contribution in [0.1, 0.15) is 24.8 Å². The molecule has 4 bridgehead atoms. The van der Waals surface area contributed by atoms with Crippen LogP contribution in [-0.4, -0.2) is 55.3 Å². The topological polar surface area (TPSA) is 55.4 Å². The minimum atomic E-state index is -0.624. The maximum Gasteiger partial charge on any atom is 0.273 e. The average Bonchev–Trinajstić information content (AvgIpc) is 3.09. The Balaban J connectivity index is 1.35. The van der Waals surface area contributed by atoms with Gasteiger partial charge in [-0.3, -0.25) is 0 Å². The molecule has 5 aliphatic heterocycles. The van der Waals surface area contributed by atoms with Crippen LogP contribution in [-0.2, 0) is 35.0 Å². The number of benzene rings is 1. The Morgan fingerprint density at radius 3 is 2.28 bits per heavy atom. The van der Waals surface area contributed by atoms with E-state index in [4.69, 9.17) is 28.4 Å². The molecule has 0 radical (unpaired) electrons. The van der Waals surface area contributed by atoms with Gasteiger partial charge in [-0.15, -0.1) is 0 Å². The lowest BCUT2D eigenvalue weighted by molar-refractivity contribution is -0.535. The van der Waals surface area contributed by atoms with Crippen molar-refractivity contribution < 1.29 is 28.4 Å². The minimum absolute atomic E-state index is 0.129. The molecule has 7 atom stereocenters. The van der Waals surface area contributed by atoms with Gasteiger partial charge in [-0.2, -0.15) is 0 Å². The van der Waals surface area contributed by atoms with Gasteiger partial charge in [0, 0.05) is 13.0 Å². The van der Waals surface area contributed by atoms with E-state index in [1.807, 2.05) is 18.2 Å². The van der Waals surface area contributed by atoms with Gasteiger partial charge in [-0.05, 0) is 18.4 Å². The minimum Gasteiger partial charge on any atom is -0.369 e. The van der Waals surface area contributed by atoms with Gasteiger partial charge in [0.25, 0.3) is 6.48 Å². The lowest BCUT2D eigenvalue weighted by Gasteiger charge is -2.69. The standard InChI is InChI=1S/C19H22O6/c1-2-5-12(6-3-1)11-20-13-14-18(7-4-9-21-18)16-19(8-10-22-19)15(13)24-17(23-14)25-16/h1-3,5-6,13-17H,4,7-11H2/t13-,14-,15-,16+,17+,18+,19-/m1/s1. The molecular weight excluding hydrogens is 324 g/mol. The molecule has 0 aromatic heterocycles. The molecule has 1 aliphatic carbocycles. The predicted octanol–water partition coefficient (Wildman–Crippen LogP) is 1.76. The van der Waals surface area contributed by atoms with Crippen LogP contribution in [0.5, 0.6) is 0 Å². The van der Waals surface area contributed by atoms with Crippen LogP contribution in [0, 0.1) is 0 Å². The fraction of sp³-hybridized carbons (Fsp3) is 0.684. The molecule has 5 heterocycles. The monoisotopic (exact) mass is 346 g/mol. The summed E-state index contributed by atoms with van der Waals surface area (Å²) < 4.78 is 36.9. The first-order valence-corrected chi connectivity index (χ1v) is 9.22. The van der Waals surface area contributed by atoms with Crippen molar-refractivity contribution in [1.29, 1.82) is 0 Å². The van der Waals surface area contributed by atoms with Crippen molar-refractivity contribution in [2.45, 2.75) is 68.0 Å². The summed E-state index contributed by atoms with van der Waals surface area (Å²) in [6.45, 7) is 1.36. The highest BCUT2D eigenvalue weighted by molar-refractivity contribution is 5.24. The fourth-order valence-electron chi connectivity index (χ4n) is 5.31. The number of rotatable bonds is 3. The van der Waals surface area contributed by atoms with E-state index < -0.39 is 17.7 Å². The van der Waals surface area contributed by atoms with E-state index in [9.17, 15) is 0 Å². The molecule has 6 nitrogen and oxygen atoms in total. The predicted molar refractivity (Wildman–Crippen MR) is 84.6 cm³/mol. The molecular formula is C19H22O6. The molecule has 1 aromatic rings. The van der Waals surface area contributed by atoms with Crippen LogP contribution < -0.4 is 0 Å². The van der Waals surface area contributed by atoms with E-state index in [2.05, 4.69) is 12.1 Å². The van der Waals surface area contributed by atoms with E-state index in [1.54, 1.807) is 0 Å². The zero-order chi connectivity index (χ0) is 16.5. The van der Waals surface area contributed by atoms with E-state index in [0.717, 1.165) is 38.0 Å². The van der Waals surface area contributed by atoms with Crippen molar-refractivity contribution in [1.82, 2.24) is 0 Å². The normalized spacial score (nSPS) is 49.8. The van der Waals surface area contributed by atoms with Crippen LogP contribution in [0.15, 0.2) is 30.3 Å². The summed E-state index contributed by atoms with van der Waals surface area (Å²) in [5, 5.41) is 0. The third-order valence-electron chi connectivity index (χ3n) is 6.44. The summed E-state index contributed by atoms with van der Waals surface area (Å²) in [6, 6.07) is 10.2. The number of hydrogen-bond donors (Lipinski definition) is 0. The Bertz CT molecular complexity index is 653. The zero-order valence-electron chi connectivity index (χ0n) is 14.0. The lowest BCUT2D eigenvalue weighted by atomic mass is 9.62. The second-order valence-corrected chi connectivity index (χ2v) is 7.64. The lowest BCUT2D eigenvalue weighted by Crippen LogP contribution is -2.87. The summed E-state index contributed by atoms with van der Waals surface area (Å²) in [7, 11) is 0. The van der Waals surface area contributed by atoms with Crippen LogP contribution in [0.4, 0.5) is 0 Å². The van der Waals surface area contributed by atoms with Crippen molar-refractivity contribution >= 4 is 0 Å². The van der Waals surface area contributed by atoms with Crippen LogP contribution in [0.2, 0.25) is 0 Å². The van der Waals surface area contributed by atoms with Gasteiger partial charge in [0.2, 0.25) is 0 Å². The third kappa shape index (κ3) is 1.90. The van der Waals surface area contributed by atoms with E-state index >= 15 is 0 Å². The summed E-state index contributed by atoms with van der Waals surface area (Å²) in [4.78, 5) is 0. The molecule has 134 valence electrons. The van der Waals surface area contributed by atoms with Crippen molar-refractivity contribution in [3.8, 4) is 0 Å². The van der Waals surface area contributed by atoms with Gasteiger partial charge < -0.3 is 28.4 Å². The molecule has 6 aliphatic rings. The Labute approximate surface area is 146 Å². The van der Waals surface area contributed by atoms with Crippen LogP contribution >= 0.6 is 0 Å². The van der Waals surface area contributed by atoms with E-state index in [1.165, 1.54) is 0 Å². The van der Waals surface area contributed by atoms with Gasteiger partial charge in [-0.25, -0.2) is 0 Å². The van der Waals surface area contributed by atoms with Crippen molar-refractivity contribution in [2.24, 2.45) is 0 Å².